The van der Waals surface area contributed by atoms with Crippen molar-refractivity contribution in [3.8, 4) is 0 Å². The van der Waals surface area contributed by atoms with Gasteiger partial charge in [-0.3, -0.25) is 4.11 Å². The van der Waals surface area contributed by atoms with Crippen molar-refractivity contribution in [2.75, 3.05) is 0 Å². The topological polar surface area (TPSA) is 9.23 Å². The Balaban J connectivity index is 2.51. The maximum Gasteiger partial charge on any atom is 0.449 e. The third kappa shape index (κ3) is 3.31. The van der Waals surface area contributed by atoms with Gasteiger partial charge >= 0.3 is 8.65 Å². The van der Waals surface area contributed by atoms with E-state index in [2.05, 4.69) is 0 Å². The summed E-state index contributed by atoms with van der Waals surface area (Å²) >= 11 is 0. The minimum absolute atomic E-state index is 0.521. The summed E-state index contributed by atoms with van der Waals surface area (Å²) in [4.78, 5) is 0. The third-order valence-electron chi connectivity index (χ3n) is 2.74. The average Bonchev–Trinajstić information content (AvgIpc) is 2.39. The molecule has 0 fully saturated rings. The summed E-state index contributed by atoms with van der Waals surface area (Å²) in [7, 11) is -3.64. The Morgan fingerprint density at radius 1 is 0.789 bits per heavy atom. The Kier molecular flexibility index (Phi) is 3.87. The largest absolute Gasteiger partial charge is 0.449 e. The van der Waals surface area contributed by atoms with E-state index in [4.69, 9.17) is 4.43 Å². The van der Waals surface area contributed by atoms with Crippen LogP contribution in [-0.4, -0.2) is 14.3 Å². The predicted molar refractivity (Wildman–Crippen MR) is 79.9 cm³/mol. The van der Waals surface area contributed by atoms with Gasteiger partial charge in [-0.15, -0.1) is 0 Å². The molecule has 0 radical (unpaired) electrons. The van der Waals surface area contributed by atoms with Gasteiger partial charge in [0.2, 0.25) is 0 Å². The molecule has 0 saturated heterocycles. The number of benzene rings is 2. The van der Waals surface area contributed by atoms with E-state index in [1.807, 2.05) is 81.4 Å². The molecule has 0 heterocycles. The summed E-state index contributed by atoms with van der Waals surface area (Å²) in [6.45, 7) is 5.67. The first-order valence-corrected chi connectivity index (χ1v) is 8.20. The lowest BCUT2D eigenvalue weighted by Gasteiger charge is -2.31. The van der Waals surface area contributed by atoms with Gasteiger partial charge in [0.1, 0.15) is 0 Å². The van der Waals surface area contributed by atoms with Crippen molar-refractivity contribution < 1.29 is 8.53 Å². The van der Waals surface area contributed by atoms with Gasteiger partial charge in [-0.25, -0.2) is 0 Å². The molecular weight excluding hydrogens is 255 g/mol. The molecule has 0 aliphatic heterocycles. The zero-order valence-electron chi connectivity index (χ0n) is 11.6. The summed E-state index contributed by atoms with van der Waals surface area (Å²) in [6.07, 6.45) is 0. The van der Waals surface area contributed by atoms with Gasteiger partial charge in [0.05, 0.1) is 5.60 Å². The molecule has 0 saturated carbocycles. The highest BCUT2D eigenvalue weighted by molar-refractivity contribution is 6.92. The van der Waals surface area contributed by atoms with Crippen molar-refractivity contribution in [1.29, 1.82) is 0 Å². The Morgan fingerprint density at radius 3 is 1.47 bits per heavy atom. The van der Waals surface area contributed by atoms with E-state index >= 15 is 4.11 Å². The normalized spacial score (nSPS) is 12.4. The van der Waals surface area contributed by atoms with Crippen LogP contribution in [0.2, 0.25) is 0 Å². The fourth-order valence-electron chi connectivity index (χ4n) is 2.01. The Hall–Kier alpha value is -1.45. The second kappa shape index (κ2) is 5.27. The van der Waals surface area contributed by atoms with Crippen molar-refractivity contribution in [1.82, 2.24) is 0 Å². The van der Waals surface area contributed by atoms with Crippen LogP contribution in [0.5, 0.6) is 0 Å². The predicted octanol–water partition coefficient (Wildman–Crippen LogP) is 3.03. The van der Waals surface area contributed by atoms with Crippen LogP contribution in [0.15, 0.2) is 60.7 Å². The van der Waals surface area contributed by atoms with Gasteiger partial charge in [-0.2, -0.15) is 0 Å². The van der Waals surface area contributed by atoms with E-state index in [0.29, 0.717) is 10.4 Å². The minimum Gasteiger partial charge on any atom is -0.380 e. The van der Waals surface area contributed by atoms with Crippen LogP contribution in [0, 0.1) is 0 Å². The summed E-state index contributed by atoms with van der Waals surface area (Å²) in [6, 6.07) is 18.4. The van der Waals surface area contributed by atoms with E-state index in [-0.39, 0.29) is 0 Å². The Labute approximate surface area is 115 Å². The lowest BCUT2D eigenvalue weighted by atomic mass is 10.2. The summed E-state index contributed by atoms with van der Waals surface area (Å²) in [5.41, 5.74) is -0.521. The first kappa shape index (κ1) is 14.0. The lowest BCUT2D eigenvalue weighted by molar-refractivity contribution is 0.111. The van der Waals surface area contributed by atoms with Gasteiger partial charge < -0.3 is 4.43 Å². The molecule has 1 nitrogen and oxygen atoms in total. The third-order valence-corrected chi connectivity index (χ3v) is 5.78. The van der Waals surface area contributed by atoms with Crippen LogP contribution >= 0.6 is 0 Å². The molecule has 0 aliphatic rings. The molecule has 100 valence electrons. The van der Waals surface area contributed by atoms with Gasteiger partial charge in [0.15, 0.2) is 0 Å². The summed E-state index contributed by atoms with van der Waals surface area (Å²) < 4.78 is 21.5. The lowest BCUT2D eigenvalue weighted by Crippen LogP contribution is -2.60. The van der Waals surface area contributed by atoms with Crippen molar-refractivity contribution in [3.63, 3.8) is 0 Å². The molecule has 0 bridgehead atoms. The average molecular weight is 274 g/mol. The first-order chi connectivity index (χ1) is 8.92. The zero-order chi connectivity index (χ0) is 13.9. The fraction of sp³-hybridized carbons (Fsp3) is 0.250. The molecule has 0 aromatic heterocycles. The molecule has 0 amide bonds. The quantitative estimate of drug-likeness (QED) is 0.617. The highest BCUT2D eigenvalue weighted by Gasteiger charge is 2.44. The van der Waals surface area contributed by atoms with Gasteiger partial charge in [-0.05, 0) is 20.8 Å². The Bertz CT molecular complexity index is 480. The van der Waals surface area contributed by atoms with E-state index in [0.717, 1.165) is 0 Å². The zero-order valence-corrected chi connectivity index (χ0v) is 12.6. The monoisotopic (exact) mass is 274 g/mol. The highest BCUT2D eigenvalue weighted by Crippen LogP contribution is 2.18. The van der Waals surface area contributed by atoms with Crippen LogP contribution in [0.4, 0.5) is 4.11 Å². The molecule has 0 spiro atoms. The molecule has 19 heavy (non-hydrogen) atoms. The van der Waals surface area contributed by atoms with Crippen molar-refractivity contribution in [2.45, 2.75) is 26.4 Å². The van der Waals surface area contributed by atoms with Crippen LogP contribution in [0.1, 0.15) is 20.8 Å². The van der Waals surface area contributed by atoms with Crippen LogP contribution in [0.25, 0.3) is 0 Å². The van der Waals surface area contributed by atoms with E-state index in [9.17, 15) is 0 Å². The number of hydrogen-bond acceptors (Lipinski definition) is 1. The van der Waals surface area contributed by atoms with Crippen LogP contribution in [0.3, 0.4) is 0 Å². The van der Waals surface area contributed by atoms with Gasteiger partial charge in [-0.1, -0.05) is 60.7 Å². The standard InChI is InChI=1S/C16H19FOSi/c1-16(2,3)18-19(17,14-10-6-4-7-11-14)15-12-8-5-9-13-15/h4-13H,1-3H3. The molecule has 2 aromatic carbocycles. The second-order valence-corrected chi connectivity index (χ2v) is 8.09. The van der Waals surface area contributed by atoms with Crippen molar-refractivity contribution in [3.05, 3.63) is 60.7 Å². The van der Waals surface area contributed by atoms with E-state index in [1.165, 1.54) is 0 Å². The van der Waals surface area contributed by atoms with Gasteiger partial charge in [0, 0.05) is 10.4 Å². The SMILES string of the molecule is CC(C)(C)O[Si](F)(c1ccccc1)c1ccccc1. The molecular formula is C16H19FOSi. The van der Waals surface area contributed by atoms with Crippen LogP contribution < -0.4 is 10.4 Å². The number of rotatable bonds is 3. The smallest absolute Gasteiger partial charge is 0.380 e. The molecule has 0 aliphatic carbocycles. The van der Waals surface area contributed by atoms with Gasteiger partial charge in [0.25, 0.3) is 0 Å². The van der Waals surface area contributed by atoms with Crippen LogP contribution in [-0.2, 0) is 4.43 Å². The molecule has 2 aromatic rings. The maximum atomic E-state index is 15.7. The molecule has 2 rings (SSSR count). The number of hydrogen-bond donors (Lipinski definition) is 0. The molecule has 0 atom stereocenters. The van der Waals surface area contributed by atoms with E-state index in [1.54, 1.807) is 0 Å². The fourth-order valence-corrected chi connectivity index (χ4v) is 4.67. The summed E-state index contributed by atoms with van der Waals surface area (Å²) in [5, 5.41) is 1.30. The highest BCUT2D eigenvalue weighted by atomic mass is 28.4. The first-order valence-electron chi connectivity index (χ1n) is 6.42. The molecule has 3 heteroatoms. The maximum absolute atomic E-state index is 15.7. The Morgan fingerprint density at radius 2 is 1.16 bits per heavy atom. The van der Waals surface area contributed by atoms with Crippen molar-refractivity contribution >= 4 is 19.0 Å². The number of halogens is 1. The molecule has 0 unspecified atom stereocenters. The summed E-state index contributed by atoms with van der Waals surface area (Å²) in [5.74, 6) is 0. The van der Waals surface area contributed by atoms with E-state index < -0.39 is 14.3 Å². The second-order valence-electron chi connectivity index (χ2n) is 5.54. The minimum atomic E-state index is -3.64. The van der Waals surface area contributed by atoms with Crippen molar-refractivity contribution in [2.24, 2.45) is 0 Å². The molecule has 0 N–H and O–H groups in total.